The molecule has 0 unspecified atom stereocenters. The maximum absolute atomic E-state index is 13.6. The maximum atomic E-state index is 13.6. The lowest BCUT2D eigenvalue weighted by Crippen LogP contribution is -2.40. The van der Waals surface area contributed by atoms with Crippen molar-refractivity contribution < 1.29 is 24.5 Å². The second-order valence-electron chi connectivity index (χ2n) is 11.1. The predicted molar refractivity (Wildman–Crippen MR) is 169 cm³/mol. The second kappa shape index (κ2) is 12.8. The molecule has 226 valence electrons. The van der Waals surface area contributed by atoms with E-state index in [1.165, 1.54) is 12.4 Å². The van der Waals surface area contributed by atoms with Gasteiger partial charge in [-0.25, -0.2) is 9.78 Å². The molecule has 0 amide bonds. The zero-order valence-electron chi connectivity index (χ0n) is 24.1. The highest BCUT2D eigenvalue weighted by atomic mass is 35.5. The second-order valence-corrected chi connectivity index (χ2v) is 11.9. The molecule has 10 heteroatoms. The molecule has 4 N–H and O–H groups in total. The molecular formula is C34H31Cl2N3O5. The van der Waals surface area contributed by atoms with Crippen LogP contribution < -0.4 is 10.5 Å². The first-order valence-corrected chi connectivity index (χ1v) is 14.8. The molecule has 5 rings (SSSR count). The van der Waals surface area contributed by atoms with Crippen LogP contribution in [0.1, 0.15) is 75.2 Å². The number of nitrogens with zero attached hydrogens (tertiary/aromatic N) is 2. The van der Waals surface area contributed by atoms with Gasteiger partial charge in [0.05, 0.1) is 33.7 Å². The van der Waals surface area contributed by atoms with E-state index in [4.69, 9.17) is 33.7 Å². The molecule has 4 aromatic rings. The Bertz CT molecular complexity index is 1720. The number of benzene rings is 3. The van der Waals surface area contributed by atoms with Crippen LogP contribution >= 0.6 is 23.2 Å². The average molecular weight is 633 g/mol. The van der Waals surface area contributed by atoms with Crippen molar-refractivity contribution in [2.45, 2.75) is 50.7 Å². The van der Waals surface area contributed by atoms with Crippen molar-refractivity contribution >= 4 is 40.7 Å². The number of Topliss-reactive ketones (excluding diaryl/α,β-unsaturated/α-hetero) is 1. The van der Waals surface area contributed by atoms with Crippen LogP contribution in [0.15, 0.2) is 84.7 Å². The summed E-state index contributed by atoms with van der Waals surface area (Å²) in [6, 6.07) is 19.0. The van der Waals surface area contributed by atoms with Crippen LogP contribution in [0.3, 0.4) is 0 Å². The fraction of sp³-hybridized carbons (Fsp3) is 0.235. The van der Waals surface area contributed by atoms with Gasteiger partial charge in [0, 0.05) is 28.8 Å². The van der Waals surface area contributed by atoms with Gasteiger partial charge >= 0.3 is 5.97 Å². The van der Waals surface area contributed by atoms with Gasteiger partial charge < -0.3 is 20.7 Å². The van der Waals surface area contributed by atoms with Crippen molar-refractivity contribution in [3.63, 3.8) is 0 Å². The van der Waals surface area contributed by atoms with Crippen molar-refractivity contribution in [1.29, 1.82) is 0 Å². The van der Waals surface area contributed by atoms with E-state index in [1.807, 2.05) is 19.1 Å². The number of ketones is 1. The number of aliphatic hydroxyl groups is 1. The monoisotopic (exact) mass is 631 g/mol. The molecule has 1 atom stereocenters. The number of hydrogen-bond acceptors (Lipinski definition) is 7. The Morgan fingerprint density at radius 3 is 2.30 bits per heavy atom. The molecule has 1 saturated carbocycles. The van der Waals surface area contributed by atoms with Crippen molar-refractivity contribution in [2.75, 3.05) is 0 Å². The van der Waals surface area contributed by atoms with Gasteiger partial charge in [0.2, 0.25) is 5.88 Å². The van der Waals surface area contributed by atoms with Gasteiger partial charge in [-0.15, -0.1) is 0 Å². The molecule has 0 radical (unpaired) electrons. The van der Waals surface area contributed by atoms with Crippen LogP contribution in [0.25, 0.3) is 5.70 Å². The molecule has 1 aliphatic carbocycles. The van der Waals surface area contributed by atoms with Gasteiger partial charge in [-0.1, -0.05) is 65.7 Å². The van der Waals surface area contributed by atoms with E-state index in [1.54, 1.807) is 61.5 Å². The number of carbonyl (C=O) groups is 2. The number of carboxylic acids is 1. The molecule has 0 aliphatic heterocycles. The SMILES string of the molecule is Cc1cc(C(=O)O)cc(C2CC(O)(c3cnc(O[C@@H](C)CC(C(=O)c4ccccc4)=C(N)c4c(Cl)cccc4Cl)cn3)C2)c1. The summed E-state index contributed by atoms with van der Waals surface area (Å²) in [6.07, 6.45) is 3.27. The molecule has 44 heavy (non-hydrogen) atoms. The third kappa shape index (κ3) is 6.63. The Kier molecular flexibility index (Phi) is 9.06. The molecule has 0 bridgehead atoms. The number of rotatable bonds is 10. The molecule has 1 aliphatic rings. The van der Waals surface area contributed by atoms with Crippen molar-refractivity contribution in [3.8, 4) is 5.88 Å². The van der Waals surface area contributed by atoms with E-state index in [-0.39, 0.29) is 35.3 Å². The van der Waals surface area contributed by atoms with Crippen molar-refractivity contribution in [3.05, 3.63) is 128 Å². The highest BCUT2D eigenvalue weighted by Gasteiger charge is 2.46. The summed E-state index contributed by atoms with van der Waals surface area (Å²) in [6.45, 7) is 3.63. The van der Waals surface area contributed by atoms with Crippen LogP contribution in [0.4, 0.5) is 0 Å². The summed E-state index contributed by atoms with van der Waals surface area (Å²) in [4.78, 5) is 33.8. The number of aromatic nitrogens is 2. The lowest BCUT2D eigenvalue weighted by Gasteiger charge is -2.43. The summed E-state index contributed by atoms with van der Waals surface area (Å²) >= 11 is 12.8. The third-order valence-corrected chi connectivity index (χ3v) is 8.40. The first-order valence-electron chi connectivity index (χ1n) is 14.0. The van der Waals surface area contributed by atoms with Crippen LogP contribution in [-0.2, 0) is 5.60 Å². The van der Waals surface area contributed by atoms with Gasteiger partial charge in [0.1, 0.15) is 11.7 Å². The summed E-state index contributed by atoms with van der Waals surface area (Å²) < 4.78 is 6.02. The number of carbonyl (C=O) groups excluding carboxylic acids is 1. The highest BCUT2D eigenvalue weighted by molar-refractivity contribution is 6.38. The Morgan fingerprint density at radius 1 is 1.00 bits per heavy atom. The highest BCUT2D eigenvalue weighted by Crippen LogP contribution is 2.50. The minimum absolute atomic E-state index is 0.000175. The lowest BCUT2D eigenvalue weighted by atomic mass is 9.66. The van der Waals surface area contributed by atoms with Gasteiger partial charge in [0.15, 0.2) is 5.78 Å². The van der Waals surface area contributed by atoms with E-state index in [9.17, 15) is 19.8 Å². The van der Waals surface area contributed by atoms with E-state index < -0.39 is 17.7 Å². The predicted octanol–water partition coefficient (Wildman–Crippen LogP) is 6.97. The molecule has 1 fully saturated rings. The minimum atomic E-state index is -1.18. The first-order chi connectivity index (χ1) is 20.9. The standard InChI is InChI=1S/C34H31Cl2N3O5/c1-19-11-22(14-23(12-19)33(41)42)24-15-34(43,16-24)28-17-39-29(18-38-28)44-20(2)13-25(32(40)21-7-4-3-5-8-21)31(37)30-26(35)9-6-10-27(30)36/h3-12,14,17-18,20,24,43H,13,15-16,37H2,1-2H3,(H,41,42)/t20-,24?,34?/m0/s1. The molecule has 3 aromatic carbocycles. The van der Waals surface area contributed by atoms with Gasteiger partial charge in [-0.05, 0) is 68.0 Å². The summed E-state index contributed by atoms with van der Waals surface area (Å²) in [7, 11) is 0. The summed E-state index contributed by atoms with van der Waals surface area (Å²) in [5.41, 5.74) is 9.01. The Balaban J connectivity index is 1.31. The maximum Gasteiger partial charge on any atom is 0.335 e. The number of aromatic carboxylic acids is 1. The number of aryl methyl sites for hydroxylation is 1. The fourth-order valence-corrected chi connectivity index (χ4v) is 6.12. The number of hydrogen-bond donors (Lipinski definition) is 3. The summed E-state index contributed by atoms with van der Waals surface area (Å²) in [5.74, 6) is -1.05. The third-order valence-electron chi connectivity index (χ3n) is 7.77. The topological polar surface area (TPSA) is 136 Å². The average Bonchev–Trinajstić information content (AvgIpc) is 2.98. The Labute approximate surface area is 265 Å². The quantitative estimate of drug-likeness (QED) is 0.126. The number of carboxylic acid groups (broad SMARTS) is 1. The van der Waals surface area contributed by atoms with Gasteiger partial charge in [-0.2, -0.15) is 0 Å². The zero-order valence-corrected chi connectivity index (χ0v) is 25.6. The summed E-state index contributed by atoms with van der Waals surface area (Å²) in [5, 5.41) is 21.2. The number of halogens is 2. The fourth-order valence-electron chi connectivity index (χ4n) is 5.52. The number of ether oxygens (including phenoxy) is 1. The van der Waals surface area contributed by atoms with Crippen molar-refractivity contribution in [1.82, 2.24) is 9.97 Å². The minimum Gasteiger partial charge on any atom is -0.478 e. The largest absolute Gasteiger partial charge is 0.478 e. The van der Waals surface area contributed by atoms with E-state index in [0.717, 1.165) is 11.1 Å². The molecule has 1 heterocycles. The zero-order chi connectivity index (χ0) is 31.6. The van der Waals surface area contributed by atoms with Crippen LogP contribution in [0.2, 0.25) is 10.0 Å². The first kappa shape index (κ1) is 31.2. The van der Waals surface area contributed by atoms with E-state index in [2.05, 4.69) is 9.97 Å². The Morgan fingerprint density at radius 2 is 1.68 bits per heavy atom. The molecule has 0 spiro atoms. The molecular weight excluding hydrogens is 601 g/mol. The lowest BCUT2D eigenvalue weighted by molar-refractivity contribution is -0.0590. The van der Waals surface area contributed by atoms with E-state index in [0.29, 0.717) is 45.3 Å². The van der Waals surface area contributed by atoms with Crippen LogP contribution in [0.5, 0.6) is 5.88 Å². The molecule has 1 aromatic heterocycles. The smallest absolute Gasteiger partial charge is 0.335 e. The normalized spacial score (nSPS) is 19.0. The molecule has 0 saturated heterocycles. The number of nitrogens with two attached hydrogens (primary N) is 1. The van der Waals surface area contributed by atoms with Gasteiger partial charge in [-0.3, -0.25) is 9.78 Å². The van der Waals surface area contributed by atoms with Crippen molar-refractivity contribution in [2.24, 2.45) is 5.73 Å². The van der Waals surface area contributed by atoms with Crippen LogP contribution in [-0.4, -0.2) is 38.0 Å². The van der Waals surface area contributed by atoms with E-state index >= 15 is 0 Å². The van der Waals surface area contributed by atoms with Gasteiger partial charge in [0.25, 0.3) is 0 Å². The van der Waals surface area contributed by atoms with Crippen LogP contribution in [0, 0.1) is 6.92 Å². The Hall–Kier alpha value is -4.24. The molecule has 8 nitrogen and oxygen atoms in total.